The minimum atomic E-state index is -0.337. The molecule has 0 aliphatic carbocycles. The Labute approximate surface area is 101 Å². The molecule has 0 aromatic heterocycles. The molecule has 2 N–H and O–H groups in total. The van der Waals surface area contributed by atoms with Crippen LogP contribution in [0.15, 0.2) is 18.2 Å². The van der Waals surface area contributed by atoms with Gasteiger partial charge in [0.15, 0.2) is 0 Å². The number of morpholine rings is 1. The topological polar surface area (TPSA) is 38.5 Å². The van der Waals surface area contributed by atoms with Gasteiger partial charge in [-0.25, -0.2) is 4.39 Å². The summed E-state index contributed by atoms with van der Waals surface area (Å²) in [6.45, 7) is 6.54. The van der Waals surface area contributed by atoms with Crippen LogP contribution in [-0.4, -0.2) is 30.2 Å². The second kappa shape index (κ2) is 5.02. The maximum atomic E-state index is 13.3. The molecule has 0 spiro atoms. The van der Waals surface area contributed by atoms with Crippen LogP contribution in [0.5, 0.6) is 0 Å². The fourth-order valence-electron chi connectivity index (χ4n) is 2.10. The number of rotatable bonds is 2. The normalized spacial score (nSPS) is 26.1. The van der Waals surface area contributed by atoms with E-state index in [0.29, 0.717) is 6.04 Å². The number of hydrogen-bond acceptors (Lipinski definition) is 3. The summed E-state index contributed by atoms with van der Waals surface area (Å²) in [6, 6.07) is 5.39. The van der Waals surface area contributed by atoms with Crippen molar-refractivity contribution in [1.29, 1.82) is 0 Å². The Morgan fingerprint density at radius 1 is 1.47 bits per heavy atom. The van der Waals surface area contributed by atoms with E-state index in [9.17, 15) is 4.39 Å². The zero-order chi connectivity index (χ0) is 12.4. The number of halogens is 1. The third kappa shape index (κ3) is 2.96. The molecule has 1 saturated heterocycles. The standard InChI is InChI=1S/C13H19FN2O/c1-9-8-17-10(2)6-16(9)7-11-3-4-13(15)12(14)5-11/h3-5,9-10H,6-8,15H2,1-2H3. The fraction of sp³-hybridized carbons (Fsp3) is 0.538. The highest BCUT2D eigenvalue weighted by Crippen LogP contribution is 2.18. The molecule has 3 nitrogen and oxygen atoms in total. The molecule has 0 saturated carbocycles. The van der Waals surface area contributed by atoms with Gasteiger partial charge in [0.1, 0.15) is 5.82 Å². The first-order valence-electron chi connectivity index (χ1n) is 5.96. The van der Waals surface area contributed by atoms with E-state index in [-0.39, 0.29) is 17.6 Å². The van der Waals surface area contributed by atoms with Crippen LogP contribution in [0.1, 0.15) is 19.4 Å². The molecule has 0 amide bonds. The Hall–Kier alpha value is -1.13. The maximum absolute atomic E-state index is 13.3. The first-order valence-corrected chi connectivity index (χ1v) is 5.96. The van der Waals surface area contributed by atoms with Crippen LogP contribution in [-0.2, 0) is 11.3 Å². The molecule has 1 aromatic carbocycles. The number of hydrogen-bond donors (Lipinski definition) is 1. The van der Waals surface area contributed by atoms with E-state index < -0.39 is 0 Å². The van der Waals surface area contributed by atoms with Crippen molar-refractivity contribution in [1.82, 2.24) is 4.90 Å². The Morgan fingerprint density at radius 3 is 2.94 bits per heavy atom. The smallest absolute Gasteiger partial charge is 0.146 e. The van der Waals surface area contributed by atoms with Crippen LogP contribution in [0, 0.1) is 5.82 Å². The van der Waals surface area contributed by atoms with Crippen LogP contribution in [0.25, 0.3) is 0 Å². The highest BCUT2D eigenvalue weighted by molar-refractivity contribution is 5.41. The quantitative estimate of drug-likeness (QED) is 0.801. The van der Waals surface area contributed by atoms with Gasteiger partial charge in [0.2, 0.25) is 0 Å². The third-order valence-corrected chi connectivity index (χ3v) is 3.19. The van der Waals surface area contributed by atoms with Gasteiger partial charge in [-0.3, -0.25) is 4.90 Å². The monoisotopic (exact) mass is 238 g/mol. The van der Waals surface area contributed by atoms with E-state index in [1.54, 1.807) is 6.07 Å². The molecule has 0 radical (unpaired) electrons. The van der Waals surface area contributed by atoms with Gasteiger partial charge >= 0.3 is 0 Å². The number of benzene rings is 1. The van der Waals surface area contributed by atoms with Gasteiger partial charge in [0.25, 0.3) is 0 Å². The number of nitrogen functional groups attached to an aromatic ring is 1. The van der Waals surface area contributed by atoms with Crippen molar-refractivity contribution in [3.05, 3.63) is 29.6 Å². The zero-order valence-corrected chi connectivity index (χ0v) is 10.3. The highest BCUT2D eigenvalue weighted by Gasteiger charge is 2.23. The van der Waals surface area contributed by atoms with E-state index in [2.05, 4.69) is 18.7 Å². The molecule has 0 bridgehead atoms. The summed E-state index contributed by atoms with van der Waals surface area (Å²) in [7, 11) is 0. The summed E-state index contributed by atoms with van der Waals surface area (Å²) in [5, 5.41) is 0. The van der Waals surface area contributed by atoms with Gasteiger partial charge < -0.3 is 10.5 Å². The van der Waals surface area contributed by atoms with Crippen LogP contribution in [0.3, 0.4) is 0 Å². The Bertz CT molecular complexity index is 397. The van der Waals surface area contributed by atoms with E-state index in [1.165, 1.54) is 6.07 Å². The summed E-state index contributed by atoms with van der Waals surface area (Å²) in [6.07, 6.45) is 0.241. The summed E-state index contributed by atoms with van der Waals surface area (Å²) in [5.74, 6) is -0.337. The Morgan fingerprint density at radius 2 is 2.24 bits per heavy atom. The van der Waals surface area contributed by atoms with Crippen LogP contribution < -0.4 is 5.73 Å². The molecule has 2 unspecified atom stereocenters. The van der Waals surface area contributed by atoms with Gasteiger partial charge in [-0.15, -0.1) is 0 Å². The second-order valence-electron chi connectivity index (χ2n) is 4.78. The third-order valence-electron chi connectivity index (χ3n) is 3.19. The Kier molecular flexibility index (Phi) is 3.64. The SMILES string of the molecule is CC1CN(Cc2ccc(N)c(F)c2)C(C)CO1. The number of nitrogens with two attached hydrogens (primary N) is 1. The second-order valence-corrected chi connectivity index (χ2v) is 4.78. The average Bonchev–Trinajstić information content (AvgIpc) is 2.29. The molecule has 1 aliphatic rings. The number of nitrogens with zero attached hydrogens (tertiary/aromatic N) is 1. The van der Waals surface area contributed by atoms with Crippen molar-refractivity contribution in [2.45, 2.75) is 32.5 Å². The molecule has 1 fully saturated rings. The van der Waals surface area contributed by atoms with Crippen LogP contribution in [0.4, 0.5) is 10.1 Å². The van der Waals surface area contributed by atoms with Gasteiger partial charge in [0, 0.05) is 19.1 Å². The van der Waals surface area contributed by atoms with E-state index in [0.717, 1.165) is 25.3 Å². The zero-order valence-electron chi connectivity index (χ0n) is 10.3. The lowest BCUT2D eigenvalue weighted by atomic mass is 10.1. The minimum absolute atomic E-state index is 0.206. The van der Waals surface area contributed by atoms with Gasteiger partial charge in [0.05, 0.1) is 18.4 Å². The molecular formula is C13H19FN2O. The molecule has 1 aliphatic heterocycles. The Balaban J connectivity index is 2.06. The molecule has 94 valence electrons. The van der Waals surface area contributed by atoms with E-state index >= 15 is 0 Å². The predicted molar refractivity (Wildman–Crippen MR) is 66.1 cm³/mol. The first kappa shape index (κ1) is 12.3. The van der Waals surface area contributed by atoms with Crippen molar-refractivity contribution in [2.24, 2.45) is 0 Å². The molecule has 1 heterocycles. The number of anilines is 1. The van der Waals surface area contributed by atoms with Crippen LogP contribution >= 0.6 is 0 Å². The predicted octanol–water partition coefficient (Wildman–Crippen LogP) is 2.02. The minimum Gasteiger partial charge on any atom is -0.396 e. The summed E-state index contributed by atoms with van der Waals surface area (Å²) in [4.78, 5) is 2.30. The largest absolute Gasteiger partial charge is 0.396 e. The molecule has 2 atom stereocenters. The summed E-state index contributed by atoms with van der Waals surface area (Å²) in [5.41, 5.74) is 6.62. The van der Waals surface area contributed by atoms with Crippen molar-refractivity contribution in [3.63, 3.8) is 0 Å². The van der Waals surface area contributed by atoms with Crippen molar-refractivity contribution in [2.75, 3.05) is 18.9 Å². The molecule has 1 aromatic rings. The lowest BCUT2D eigenvalue weighted by Gasteiger charge is -2.36. The summed E-state index contributed by atoms with van der Waals surface area (Å²) >= 11 is 0. The average molecular weight is 238 g/mol. The van der Waals surface area contributed by atoms with Crippen LogP contribution in [0.2, 0.25) is 0 Å². The van der Waals surface area contributed by atoms with Gasteiger partial charge in [-0.1, -0.05) is 6.07 Å². The first-order chi connectivity index (χ1) is 8.06. The number of ether oxygens (including phenoxy) is 1. The van der Waals surface area contributed by atoms with E-state index in [1.807, 2.05) is 6.07 Å². The molecular weight excluding hydrogens is 219 g/mol. The lowest BCUT2D eigenvalue weighted by molar-refractivity contribution is -0.0526. The van der Waals surface area contributed by atoms with Gasteiger partial charge in [-0.05, 0) is 31.5 Å². The fourth-order valence-corrected chi connectivity index (χ4v) is 2.10. The van der Waals surface area contributed by atoms with Gasteiger partial charge in [-0.2, -0.15) is 0 Å². The van der Waals surface area contributed by atoms with Crippen molar-refractivity contribution < 1.29 is 9.13 Å². The highest BCUT2D eigenvalue weighted by atomic mass is 19.1. The van der Waals surface area contributed by atoms with Crippen molar-refractivity contribution >= 4 is 5.69 Å². The van der Waals surface area contributed by atoms with E-state index in [4.69, 9.17) is 10.5 Å². The maximum Gasteiger partial charge on any atom is 0.146 e. The summed E-state index contributed by atoms with van der Waals surface area (Å²) < 4.78 is 18.9. The lowest BCUT2D eigenvalue weighted by Crippen LogP contribution is -2.46. The molecule has 17 heavy (non-hydrogen) atoms. The molecule has 4 heteroatoms. The molecule has 2 rings (SSSR count). The van der Waals surface area contributed by atoms with Crippen molar-refractivity contribution in [3.8, 4) is 0 Å².